The number of aliphatic hydroxyl groups is 2. The fraction of sp³-hybridized carbons (Fsp3) is 0.571. The number of para-hydroxylation sites is 1. The molecule has 0 radical (unpaired) electrons. The highest BCUT2D eigenvalue weighted by molar-refractivity contribution is 6.06. The van der Waals surface area contributed by atoms with Gasteiger partial charge in [0.05, 0.1) is 24.8 Å². The number of aliphatic hydroxyl groups excluding tert-OH is 2. The zero-order valence-electron chi connectivity index (χ0n) is 17.9. The fourth-order valence-corrected chi connectivity index (χ4v) is 3.18. The highest BCUT2D eigenvalue weighted by atomic mass is 16.3. The van der Waals surface area contributed by atoms with Gasteiger partial charge in [-0.2, -0.15) is 5.10 Å². The normalized spacial score (nSPS) is 12.9. The molecule has 2 rings (SSSR count). The third-order valence-electron chi connectivity index (χ3n) is 4.89. The molecule has 0 saturated heterocycles. The summed E-state index contributed by atoms with van der Waals surface area (Å²) in [6.07, 6.45) is 1.71. The van der Waals surface area contributed by atoms with Crippen LogP contribution in [0.4, 0.5) is 0 Å². The average molecular weight is 420 g/mol. The first-order valence-electron chi connectivity index (χ1n) is 10.2. The summed E-state index contributed by atoms with van der Waals surface area (Å²) in [4.78, 5) is 25.8. The van der Waals surface area contributed by atoms with Gasteiger partial charge in [0.1, 0.15) is 6.04 Å². The van der Waals surface area contributed by atoms with Crippen molar-refractivity contribution >= 4 is 22.7 Å². The predicted octanol–water partition coefficient (Wildman–Crippen LogP) is 0.389. The number of carbonyl (C=O) groups excluding carboxylic acids is 2. The minimum Gasteiger partial charge on any atom is -0.394 e. The first-order chi connectivity index (χ1) is 14.2. The van der Waals surface area contributed by atoms with Gasteiger partial charge < -0.3 is 26.6 Å². The van der Waals surface area contributed by atoms with Gasteiger partial charge in [0.2, 0.25) is 5.91 Å². The Bertz CT molecular complexity index is 855. The van der Waals surface area contributed by atoms with E-state index in [9.17, 15) is 19.8 Å². The molecule has 0 aliphatic carbocycles. The van der Waals surface area contributed by atoms with E-state index in [1.807, 2.05) is 45.0 Å². The van der Waals surface area contributed by atoms with Crippen molar-refractivity contribution in [2.24, 2.45) is 11.1 Å². The number of benzene rings is 1. The van der Waals surface area contributed by atoms with Gasteiger partial charge in [-0.05, 0) is 30.9 Å². The standard InChI is InChI=1S/C21H33N5O4/c1-21(2,3)18(20(30)23-14(12-27)13-28)24-19(29)17-15-8-4-5-9-16(15)26(25-17)11-7-6-10-22/h4-5,8-9,14,18,27-28H,6-7,10-13,22H2,1-3H3,(H,23,30)(H,24,29). The highest BCUT2D eigenvalue weighted by Gasteiger charge is 2.34. The van der Waals surface area contributed by atoms with Crippen LogP contribution in [0.15, 0.2) is 24.3 Å². The van der Waals surface area contributed by atoms with Crippen LogP contribution in [0.25, 0.3) is 10.9 Å². The van der Waals surface area contributed by atoms with E-state index in [1.165, 1.54) is 0 Å². The number of aromatic nitrogens is 2. The Morgan fingerprint density at radius 1 is 1.13 bits per heavy atom. The number of fused-ring (bicyclic) bond motifs is 1. The third kappa shape index (κ3) is 5.78. The van der Waals surface area contributed by atoms with Crippen molar-refractivity contribution in [3.05, 3.63) is 30.0 Å². The molecule has 1 unspecified atom stereocenters. The number of nitrogens with zero attached hydrogens (tertiary/aromatic N) is 2. The van der Waals surface area contributed by atoms with Crippen molar-refractivity contribution in [1.29, 1.82) is 0 Å². The molecule has 0 fully saturated rings. The van der Waals surface area contributed by atoms with Crippen molar-refractivity contribution < 1.29 is 19.8 Å². The molecule has 2 amide bonds. The molecule has 0 spiro atoms. The summed E-state index contributed by atoms with van der Waals surface area (Å²) in [7, 11) is 0. The second-order valence-electron chi connectivity index (χ2n) is 8.43. The van der Waals surface area contributed by atoms with Gasteiger partial charge in [-0.3, -0.25) is 14.3 Å². The Hall–Kier alpha value is -2.49. The van der Waals surface area contributed by atoms with E-state index >= 15 is 0 Å². The quantitative estimate of drug-likeness (QED) is 0.353. The summed E-state index contributed by atoms with van der Waals surface area (Å²) >= 11 is 0. The Morgan fingerprint density at radius 2 is 1.80 bits per heavy atom. The summed E-state index contributed by atoms with van der Waals surface area (Å²) in [5, 5.41) is 29.1. The summed E-state index contributed by atoms with van der Waals surface area (Å²) in [5.41, 5.74) is 6.07. The molecular weight excluding hydrogens is 386 g/mol. The van der Waals surface area contributed by atoms with Crippen molar-refractivity contribution in [2.75, 3.05) is 19.8 Å². The van der Waals surface area contributed by atoms with Gasteiger partial charge in [0, 0.05) is 11.9 Å². The zero-order valence-corrected chi connectivity index (χ0v) is 17.9. The number of aryl methyl sites for hydroxylation is 1. The number of nitrogens with one attached hydrogen (secondary N) is 2. The van der Waals surface area contributed by atoms with Crippen LogP contribution in [0.5, 0.6) is 0 Å². The first kappa shape index (κ1) is 23.8. The van der Waals surface area contributed by atoms with Crippen LogP contribution in [0.2, 0.25) is 0 Å². The fourth-order valence-electron chi connectivity index (χ4n) is 3.18. The number of nitrogens with two attached hydrogens (primary N) is 1. The summed E-state index contributed by atoms with van der Waals surface area (Å²) in [6.45, 7) is 5.92. The Labute approximate surface area is 176 Å². The van der Waals surface area contributed by atoms with E-state index in [1.54, 1.807) is 4.68 Å². The van der Waals surface area contributed by atoms with Gasteiger partial charge in [-0.15, -0.1) is 0 Å². The lowest BCUT2D eigenvalue weighted by atomic mass is 9.85. The molecule has 9 heteroatoms. The second kappa shape index (κ2) is 10.5. The Morgan fingerprint density at radius 3 is 2.40 bits per heavy atom. The van der Waals surface area contributed by atoms with Gasteiger partial charge in [0.15, 0.2) is 5.69 Å². The predicted molar refractivity (Wildman–Crippen MR) is 115 cm³/mol. The van der Waals surface area contributed by atoms with Gasteiger partial charge >= 0.3 is 0 Å². The summed E-state index contributed by atoms with van der Waals surface area (Å²) < 4.78 is 1.79. The molecule has 0 saturated carbocycles. The van der Waals surface area contributed by atoms with Crippen LogP contribution in [0.3, 0.4) is 0 Å². The van der Waals surface area contributed by atoms with Crippen molar-refractivity contribution in [3.8, 4) is 0 Å². The molecule has 1 heterocycles. The average Bonchev–Trinajstić information content (AvgIpc) is 3.08. The van der Waals surface area contributed by atoms with E-state index in [2.05, 4.69) is 15.7 Å². The maximum absolute atomic E-state index is 13.1. The molecule has 2 aromatic rings. The van der Waals surface area contributed by atoms with Gasteiger partial charge in [-0.25, -0.2) is 0 Å². The molecule has 0 bridgehead atoms. The van der Waals surface area contributed by atoms with Crippen LogP contribution in [-0.4, -0.2) is 63.7 Å². The first-order valence-corrected chi connectivity index (χ1v) is 10.2. The lowest BCUT2D eigenvalue weighted by Gasteiger charge is -2.31. The number of unbranched alkanes of at least 4 members (excludes halogenated alkanes) is 1. The third-order valence-corrected chi connectivity index (χ3v) is 4.89. The largest absolute Gasteiger partial charge is 0.394 e. The van der Waals surface area contributed by atoms with E-state index in [-0.39, 0.29) is 5.69 Å². The molecular formula is C21H33N5O4. The molecule has 0 aliphatic heterocycles. The molecule has 6 N–H and O–H groups in total. The SMILES string of the molecule is CC(C)(C)C(NC(=O)c1nn(CCCCN)c2ccccc12)C(=O)NC(CO)CO. The lowest BCUT2D eigenvalue weighted by molar-refractivity contribution is -0.126. The van der Waals surface area contributed by atoms with Crippen LogP contribution in [0, 0.1) is 5.41 Å². The van der Waals surface area contributed by atoms with Crippen LogP contribution >= 0.6 is 0 Å². The summed E-state index contributed by atoms with van der Waals surface area (Å²) in [5.74, 6) is -0.931. The van der Waals surface area contributed by atoms with E-state index in [4.69, 9.17) is 5.73 Å². The topological polar surface area (TPSA) is 142 Å². The van der Waals surface area contributed by atoms with Crippen LogP contribution in [-0.2, 0) is 11.3 Å². The molecule has 1 aromatic carbocycles. The highest BCUT2D eigenvalue weighted by Crippen LogP contribution is 2.23. The maximum Gasteiger partial charge on any atom is 0.273 e. The molecule has 9 nitrogen and oxygen atoms in total. The molecule has 1 aromatic heterocycles. The monoisotopic (exact) mass is 419 g/mol. The molecule has 1 atom stereocenters. The van der Waals surface area contributed by atoms with E-state index in [0.717, 1.165) is 18.4 Å². The molecule has 30 heavy (non-hydrogen) atoms. The van der Waals surface area contributed by atoms with Crippen molar-refractivity contribution in [2.45, 2.75) is 52.2 Å². The minimum absolute atomic E-state index is 0.251. The second-order valence-corrected chi connectivity index (χ2v) is 8.43. The van der Waals surface area contributed by atoms with E-state index < -0.39 is 42.5 Å². The molecule has 0 aliphatic rings. The minimum atomic E-state index is -0.883. The Balaban J connectivity index is 2.29. The van der Waals surface area contributed by atoms with Crippen molar-refractivity contribution in [1.82, 2.24) is 20.4 Å². The van der Waals surface area contributed by atoms with Gasteiger partial charge in [-0.1, -0.05) is 39.0 Å². The van der Waals surface area contributed by atoms with Crippen LogP contribution < -0.4 is 16.4 Å². The Kier molecular flexibility index (Phi) is 8.33. The van der Waals surface area contributed by atoms with Crippen molar-refractivity contribution in [3.63, 3.8) is 0 Å². The van der Waals surface area contributed by atoms with E-state index in [0.29, 0.717) is 18.5 Å². The zero-order chi connectivity index (χ0) is 22.3. The maximum atomic E-state index is 13.1. The smallest absolute Gasteiger partial charge is 0.273 e. The number of rotatable bonds is 10. The number of hydrogen-bond acceptors (Lipinski definition) is 6. The number of hydrogen-bond donors (Lipinski definition) is 5. The molecule has 166 valence electrons. The lowest BCUT2D eigenvalue weighted by Crippen LogP contribution is -2.56. The van der Waals surface area contributed by atoms with Crippen LogP contribution in [0.1, 0.15) is 44.1 Å². The summed E-state index contributed by atoms with van der Waals surface area (Å²) in [6, 6.07) is 5.79. The number of amides is 2. The van der Waals surface area contributed by atoms with Gasteiger partial charge in [0.25, 0.3) is 5.91 Å². The number of carbonyl (C=O) groups is 2.